The normalized spacial score (nSPS) is 24.8. The first kappa shape index (κ1) is 23.6. The third kappa shape index (κ3) is 3.97. The summed E-state index contributed by atoms with van der Waals surface area (Å²) < 4.78 is 21.3. The highest BCUT2D eigenvalue weighted by Gasteiger charge is 2.44. The number of ether oxygens (including phenoxy) is 3. The summed E-state index contributed by atoms with van der Waals surface area (Å²) in [7, 11) is 1.26. The number of hydrogen-bond acceptors (Lipinski definition) is 12. The lowest BCUT2D eigenvalue weighted by atomic mass is 9.99. The molecule has 0 spiro atoms. The highest BCUT2D eigenvalue weighted by atomic mass is 16.7. The van der Waals surface area contributed by atoms with Gasteiger partial charge in [0.2, 0.25) is 12.0 Å². The van der Waals surface area contributed by atoms with E-state index in [0.717, 1.165) is 6.07 Å². The van der Waals surface area contributed by atoms with Crippen LogP contribution in [0.2, 0.25) is 0 Å². The van der Waals surface area contributed by atoms with Crippen LogP contribution < -0.4 is 14.9 Å². The summed E-state index contributed by atoms with van der Waals surface area (Å²) in [5.74, 6) is -2.01. The van der Waals surface area contributed by atoms with Gasteiger partial charge in [-0.25, -0.2) is 0 Å². The number of aromatic hydroxyl groups is 3. The average Bonchev–Trinajstić information content (AvgIpc) is 2.82. The largest absolute Gasteiger partial charge is 0.504 e. The van der Waals surface area contributed by atoms with Crippen molar-refractivity contribution in [3.8, 4) is 40.1 Å². The first-order chi connectivity index (χ1) is 16.2. The van der Waals surface area contributed by atoms with Crippen molar-refractivity contribution < 1.29 is 54.4 Å². The molecule has 34 heavy (non-hydrogen) atoms. The van der Waals surface area contributed by atoms with Crippen molar-refractivity contribution in [2.45, 2.75) is 30.7 Å². The predicted molar refractivity (Wildman–Crippen MR) is 114 cm³/mol. The monoisotopic (exact) mass is 478 g/mol. The van der Waals surface area contributed by atoms with E-state index in [4.69, 9.17) is 18.6 Å². The van der Waals surface area contributed by atoms with Crippen LogP contribution in [0, 0.1) is 0 Å². The van der Waals surface area contributed by atoms with Crippen molar-refractivity contribution in [1.29, 1.82) is 0 Å². The SMILES string of the molecule is COc1cc2oc(-c3ccc(O[C@@H]4O[C@H](CO)[C@@H](O)[C@H](O)[C@H]4O)c(O)c3)cc(=O)c2c(O)c1O. The Hall–Kier alpha value is -3.55. The molecule has 7 N–H and O–H groups in total. The summed E-state index contributed by atoms with van der Waals surface area (Å²) in [5.41, 5.74) is -0.493. The van der Waals surface area contributed by atoms with Gasteiger partial charge in [0, 0.05) is 17.7 Å². The van der Waals surface area contributed by atoms with Gasteiger partial charge in [-0.15, -0.1) is 0 Å². The number of phenolic OH excluding ortho intramolecular Hbond substituents is 3. The van der Waals surface area contributed by atoms with Crippen LogP contribution in [0.4, 0.5) is 0 Å². The molecule has 1 saturated heterocycles. The molecule has 1 aliphatic heterocycles. The van der Waals surface area contributed by atoms with Crippen molar-refractivity contribution in [3.63, 3.8) is 0 Å². The van der Waals surface area contributed by atoms with Crippen molar-refractivity contribution in [3.05, 3.63) is 40.6 Å². The molecule has 4 rings (SSSR count). The third-order valence-electron chi connectivity index (χ3n) is 5.49. The molecule has 182 valence electrons. The highest BCUT2D eigenvalue weighted by Crippen LogP contribution is 2.41. The van der Waals surface area contributed by atoms with Crippen molar-refractivity contribution in [2.75, 3.05) is 13.7 Å². The summed E-state index contributed by atoms with van der Waals surface area (Å²) >= 11 is 0. The molecule has 5 atom stereocenters. The lowest BCUT2D eigenvalue weighted by Gasteiger charge is -2.39. The minimum absolute atomic E-state index is 0.0133. The molecular weight excluding hydrogens is 456 g/mol. The Morgan fingerprint density at radius 2 is 1.68 bits per heavy atom. The molecule has 1 fully saturated rings. The fourth-order valence-electron chi connectivity index (χ4n) is 3.63. The predicted octanol–water partition coefficient (Wildman–Crippen LogP) is -0.236. The zero-order valence-electron chi connectivity index (χ0n) is 17.7. The maximum Gasteiger partial charge on any atom is 0.229 e. The molecule has 0 saturated carbocycles. The fraction of sp³-hybridized carbons (Fsp3) is 0.318. The van der Waals surface area contributed by atoms with Gasteiger partial charge in [0.1, 0.15) is 41.1 Å². The van der Waals surface area contributed by atoms with Crippen LogP contribution in [0.15, 0.2) is 39.5 Å². The number of aliphatic hydroxyl groups excluding tert-OH is 4. The number of rotatable bonds is 5. The molecule has 0 bridgehead atoms. The van der Waals surface area contributed by atoms with Gasteiger partial charge >= 0.3 is 0 Å². The molecule has 0 radical (unpaired) electrons. The second kappa shape index (κ2) is 9.00. The summed E-state index contributed by atoms with van der Waals surface area (Å²) in [4.78, 5) is 12.5. The second-order valence-corrected chi connectivity index (χ2v) is 7.62. The fourth-order valence-corrected chi connectivity index (χ4v) is 3.63. The highest BCUT2D eigenvalue weighted by molar-refractivity contribution is 5.89. The zero-order chi connectivity index (χ0) is 24.7. The molecule has 12 nitrogen and oxygen atoms in total. The van der Waals surface area contributed by atoms with Crippen molar-refractivity contribution in [1.82, 2.24) is 0 Å². The van der Waals surface area contributed by atoms with E-state index in [0.29, 0.717) is 0 Å². The lowest BCUT2D eigenvalue weighted by Crippen LogP contribution is -2.60. The summed E-state index contributed by atoms with van der Waals surface area (Å²) in [6.07, 6.45) is -7.59. The Bertz CT molecular complexity index is 1270. The molecule has 0 unspecified atom stereocenters. The van der Waals surface area contributed by atoms with E-state index in [9.17, 15) is 40.5 Å². The Balaban J connectivity index is 1.66. The van der Waals surface area contributed by atoms with E-state index >= 15 is 0 Å². The lowest BCUT2D eigenvalue weighted by molar-refractivity contribution is -0.277. The van der Waals surface area contributed by atoms with Crippen molar-refractivity contribution in [2.24, 2.45) is 0 Å². The van der Waals surface area contributed by atoms with Gasteiger partial charge in [0.25, 0.3) is 0 Å². The Kier molecular flexibility index (Phi) is 6.25. The van der Waals surface area contributed by atoms with Crippen LogP contribution >= 0.6 is 0 Å². The van der Waals surface area contributed by atoms with Crippen LogP contribution in [-0.4, -0.2) is 80.2 Å². The van der Waals surface area contributed by atoms with E-state index in [1.807, 2.05) is 0 Å². The molecule has 2 aromatic carbocycles. The number of benzene rings is 2. The number of phenols is 3. The third-order valence-corrected chi connectivity index (χ3v) is 5.49. The van der Waals surface area contributed by atoms with Gasteiger partial charge in [0.15, 0.2) is 28.4 Å². The number of aliphatic hydroxyl groups is 4. The summed E-state index contributed by atoms with van der Waals surface area (Å²) in [6, 6.07) is 6.18. The van der Waals surface area contributed by atoms with Crippen LogP contribution in [0.5, 0.6) is 28.7 Å². The minimum Gasteiger partial charge on any atom is -0.504 e. The number of methoxy groups -OCH3 is 1. The molecular formula is C22H22O12. The Labute approximate surface area is 191 Å². The zero-order valence-corrected chi connectivity index (χ0v) is 17.7. The van der Waals surface area contributed by atoms with Gasteiger partial charge in [-0.2, -0.15) is 0 Å². The van der Waals surface area contributed by atoms with Crippen LogP contribution in [0.3, 0.4) is 0 Å². The maximum atomic E-state index is 12.5. The first-order valence-electron chi connectivity index (χ1n) is 10.0. The number of fused-ring (bicyclic) bond motifs is 1. The summed E-state index contributed by atoms with van der Waals surface area (Å²) in [6.45, 7) is -0.644. The van der Waals surface area contributed by atoms with E-state index in [1.165, 1.54) is 31.4 Å². The molecule has 0 aliphatic carbocycles. The Morgan fingerprint density at radius 1 is 0.941 bits per heavy atom. The van der Waals surface area contributed by atoms with Crippen LogP contribution in [0.1, 0.15) is 0 Å². The second-order valence-electron chi connectivity index (χ2n) is 7.62. The Morgan fingerprint density at radius 3 is 2.32 bits per heavy atom. The van der Waals surface area contributed by atoms with Gasteiger partial charge < -0.3 is 54.4 Å². The summed E-state index contributed by atoms with van der Waals surface area (Å²) in [5, 5.41) is 69.3. The van der Waals surface area contributed by atoms with E-state index in [-0.39, 0.29) is 33.8 Å². The van der Waals surface area contributed by atoms with Gasteiger partial charge in [-0.3, -0.25) is 4.79 Å². The van der Waals surface area contributed by atoms with Crippen LogP contribution in [0.25, 0.3) is 22.3 Å². The minimum atomic E-state index is -1.67. The molecule has 0 amide bonds. The molecule has 1 aromatic heterocycles. The molecule has 1 aliphatic rings. The van der Waals surface area contributed by atoms with Crippen LogP contribution in [-0.2, 0) is 4.74 Å². The molecule has 3 aromatic rings. The van der Waals surface area contributed by atoms with Gasteiger partial charge in [0.05, 0.1) is 13.7 Å². The van der Waals surface area contributed by atoms with Gasteiger partial charge in [-0.1, -0.05) is 0 Å². The van der Waals surface area contributed by atoms with Gasteiger partial charge in [-0.05, 0) is 18.2 Å². The number of hydrogen-bond donors (Lipinski definition) is 7. The van der Waals surface area contributed by atoms with E-state index in [1.54, 1.807) is 0 Å². The standard InChI is InChI=1S/C22H22O12/c1-31-14-6-13-16(19(28)17(14)26)10(25)5-12(32-13)8-2-3-11(9(24)4-8)33-22-21(30)20(29)18(27)15(7-23)34-22/h2-6,15,18,20-24,26-30H,7H2,1H3/t15-,18-,20+,21-,22-/m1/s1. The van der Waals surface area contributed by atoms with E-state index < -0.39 is 60.0 Å². The van der Waals surface area contributed by atoms with E-state index in [2.05, 4.69) is 0 Å². The molecule has 2 heterocycles. The topological polar surface area (TPSA) is 200 Å². The average molecular weight is 478 g/mol. The smallest absolute Gasteiger partial charge is 0.229 e. The van der Waals surface area contributed by atoms with Crippen molar-refractivity contribution >= 4 is 11.0 Å². The first-order valence-corrected chi connectivity index (χ1v) is 10.0. The quantitative estimate of drug-likeness (QED) is 0.238. The maximum absolute atomic E-state index is 12.5. The molecule has 12 heteroatoms.